The van der Waals surface area contributed by atoms with Crippen molar-refractivity contribution in [2.75, 3.05) is 25.0 Å². The maximum absolute atomic E-state index is 13.6. The van der Waals surface area contributed by atoms with Crippen molar-refractivity contribution in [1.82, 2.24) is 20.2 Å². The van der Waals surface area contributed by atoms with Crippen molar-refractivity contribution >= 4 is 11.7 Å². The Labute approximate surface area is 179 Å². The fraction of sp³-hybridized carbons (Fsp3) is 0.609. The van der Waals surface area contributed by atoms with Crippen LogP contribution in [0.3, 0.4) is 0 Å². The zero-order valence-corrected chi connectivity index (χ0v) is 18.7. The molecule has 1 fully saturated rings. The lowest BCUT2D eigenvalue weighted by molar-refractivity contribution is 0.0645. The van der Waals surface area contributed by atoms with Crippen LogP contribution in [-0.2, 0) is 12.0 Å². The molecule has 3 rings (SSSR count). The standard InChI is InChI=1S/C23H35N5O2/c1-5-6-12-28(17-9-7-11-24-14-17)21(29)19-16-26-22(23(2,3)4)27-20(19)25-15-18-10-8-13-30-18/h8,10,13,16-17,24H,5-7,9,11-12,14-15H2,1-4H3,(H,25,26,27). The van der Waals surface area contributed by atoms with Gasteiger partial charge in [0.05, 0.1) is 12.8 Å². The van der Waals surface area contributed by atoms with Crippen molar-refractivity contribution in [3.63, 3.8) is 0 Å². The lowest BCUT2D eigenvalue weighted by Crippen LogP contribution is -2.49. The van der Waals surface area contributed by atoms with E-state index in [1.54, 1.807) is 12.5 Å². The molecule has 0 saturated carbocycles. The molecule has 1 aliphatic heterocycles. The highest BCUT2D eigenvalue weighted by Crippen LogP contribution is 2.24. The van der Waals surface area contributed by atoms with Crippen molar-refractivity contribution in [3.8, 4) is 0 Å². The van der Waals surface area contributed by atoms with Crippen LogP contribution < -0.4 is 10.6 Å². The van der Waals surface area contributed by atoms with Crippen LogP contribution >= 0.6 is 0 Å². The molecule has 7 heteroatoms. The molecular formula is C23H35N5O2. The Kier molecular flexibility index (Phi) is 7.48. The molecule has 1 amide bonds. The van der Waals surface area contributed by atoms with E-state index in [1.807, 2.05) is 17.0 Å². The number of furan rings is 1. The summed E-state index contributed by atoms with van der Waals surface area (Å²) >= 11 is 0. The summed E-state index contributed by atoms with van der Waals surface area (Å²) < 4.78 is 5.44. The minimum Gasteiger partial charge on any atom is -0.467 e. The third-order valence-corrected chi connectivity index (χ3v) is 5.43. The zero-order chi connectivity index (χ0) is 21.6. The first-order chi connectivity index (χ1) is 14.4. The summed E-state index contributed by atoms with van der Waals surface area (Å²) in [6.07, 6.45) is 7.48. The second-order valence-corrected chi connectivity index (χ2v) is 8.99. The topological polar surface area (TPSA) is 83.3 Å². The number of carbonyl (C=O) groups is 1. The summed E-state index contributed by atoms with van der Waals surface area (Å²) in [7, 11) is 0. The summed E-state index contributed by atoms with van der Waals surface area (Å²) in [6, 6.07) is 3.96. The van der Waals surface area contributed by atoms with Crippen LogP contribution in [0, 0.1) is 0 Å². The van der Waals surface area contributed by atoms with Crippen molar-refractivity contribution in [3.05, 3.63) is 41.7 Å². The minimum absolute atomic E-state index is 0.000413. The quantitative estimate of drug-likeness (QED) is 0.681. The molecule has 0 radical (unpaired) electrons. The van der Waals surface area contributed by atoms with Gasteiger partial charge in [0.2, 0.25) is 0 Å². The average molecular weight is 414 g/mol. The van der Waals surface area contributed by atoms with Crippen LogP contribution in [-0.4, -0.2) is 46.5 Å². The van der Waals surface area contributed by atoms with Crippen LogP contribution in [0.5, 0.6) is 0 Å². The number of carbonyl (C=O) groups excluding carboxylic acids is 1. The third-order valence-electron chi connectivity index (χ3n) is 5.43. The predicted octanol–water partition coefficient (Wildman–Crippen LogP) is 3.97. The number of rotatable bonds is 8. The van der Waals surface area contributed by atoms with Gasteiger partial charge in [-0.2, -0.15) is 0 Å². The van der Waals surface area contributed by atoms with Gasteiger partial charge in [0.25, 0.3) is 5.91 Å². The number of piperidine rings is 1. The van der Waals surface area contributed by atoms with Gasteiger partial charge in [-0.1, -0.05) is 34.1 Å². The highest BCUT2D eigenvalue weighted by molar-refractivity contribution is 5.98. The number of anilines is 1. The second kappa shape index (κ2) is 10.1. The van der Waals surface area contributed by atoms with E-state index in [-0.39, 0.29) is 17.4 Å². The van der Waals surface area contributed by atoms with Crippen LogP contribution in [0.15, 0.2) is 29.0 Å². The monoisotopic (exact) mass is 413 g/mol. The van der Waals surface area contributed by atoms with E-state index in [0.29, 0.717) is 23.8 Å². The fourth-order valence-electron chi connectivity index (χ4n) is 3.65. The minimum atomic E-state index is -0.210. The first-order valence-corrected chi connectivity index (χ1v) is 11.1. The molecule has 0 aromatic carbocycles. The average Bonchev–Trinajstić information content (AvgIpc) is 3.26. The van der Waals surface area contributed by atoms with Gasteiger partial charge in [0.15, 0.2) is 0 Å². The number of nitrogens with one attached hydrogen (secondary N) is 2. The Bertz CT molecular complexity index is 807. The van der Waals surface area contributed by atoms with Crippen LogP contribution in [0.1, 0.15) is 75.3 Å². The largest absolute Gasteiger partial charge is 0.467 e. The summed E-state index contributed by atoms with van der Waals surface area (Å²) in [4.78, 5) is 25.0. The Balaban J connectivity index is 1.90. The molecule has 1 unspecified atom stereocenters. The van der Waals surface area contributed by atoms with Gasteiger partial charge in [0.1, 0.15) is 23.0 Å². The molecule has 1 atom stereocenters. The summed E-state index contributed by atoms with van der Waals surface area (Å²) in [5, 5.41) is 6.75. The number of aromatic nitrogens is 2. The summed E-state index contributed by atoms with van der Waals surface area (Å²) in [5.74, 6) is 2.07. The van der Waals surface area contributed by atoms with E-state index >= 15 is 0 Å². The predicted molar refractivity (Wildman–Crippen MR) is 119 cm³/mol. The third kappa shape index (κ3) is 5.59. The van der Waals surface area contributed by atoms with Crippen molar-refractivity contribution in [1.29, 1.82) is 0 Å². The van der Waals surface area contributed by atoms with Crippen LogP contribution in [0.25, 0.3) is 0 Å². The second-order valence-electron chi connectivity index (χ2n) is 8.99. The van der Waals surface area contributed by atoms with E-state index in [0.717, 1.165) is 51.1 Å². The van der Waals surface area contributed by atoms with Crippen molar-refractivity contribution < 1.29 is 9.21 Å². The summed E-state index contributed by atoms with van der Waals surface area (Å²) in [6.45, 7) is 11.4. The molecule has 30 heavy (non-hydrogen) atoms. The Morgan fingerprint density at radius 1 is 1.40 bits per heavy atom. The van der Waals surface area contributed by atoms with Gasteiger partial charge >= 0.3 is 0 Å². The van der Waals surface area contributed by atoms with Crippen molar-refractivity contribution in [2.24, 2.45) is 0 Å². The van der Waals surface area contributed by atoms with E-state index in [2.05, 4.69) is 43.3 Å². The van der Waals surface area contributed by atoms with Crippen molar-refractivity contribution in [2.45, 2.75) is 71.4 Å². The van der Waals surface area contributed by atoms with Gasteiger partial charge in [-0.25, -0.2) is 9.97 Å². The van der Waals surface area contributed by atoms with E-state index in [9.17, 15) is 4.79 Å². The first-order valence-electron chi connectivity index (χ1n) is 11.1. The van der Waals surface area contributed by atoms with E-state index in [1.165, 1.54) is 0 Å². The Morgan fingerprint density at radius 2 is 2.23 bits per heavy atom. The van der Waals surface area contributed by atoms with Gasteiger partial charge in [-0.15, -0.1) is 0 Å². The molecule has 0 bridgehead atoms. The molecule has 164 valence electrons. The molecule has 2 aromatic rings. The maximum Gasteiger partial charge on any atom is 0.259 e. The number of amides is 1. The molecule has 1 saturated heterocycles. The molecule has 0 spiro atoms. The SMILES string of the molecule is CCCCN(C(=O)c1cnc(C(C)(C)C)nc1NCc1ccco1)C1CCCNC1. The van der Waals surface area contributed by atoms with Gasteiger partial charge in [-0.3, -0.25) is 4.79 Å². The lowest BCUT2D eigenvalue weighted by Gasteiger charge is -2.35. The molecule has 2 aromatic heterocycles. The van der Waals surface area contributed by atoms with Crippen LogP contribution in [0.4, 0.5) is 5.82 Å². The highest BCUT2D eigenvalue weighted by Gasteiger charge is 2.29. The van der Waals surface area contributed by atoms with Gasteiger partial charge in [-0.05, 0) is 37.9 Å². The molecule has 7 nitrogen and oxygen atoms in total. The normalized spacial score (nSPS) is 17.0. The Hall–Kier alpha value is -2.41. The smallest absolute Gasteiger partial charge is 0.259 e. The molecular weight excluding hydrogens is 378 g/mol. The summed E-state index contributed by atoms with van der Waals surface area (Å²) in [5.41, 5.74) is 0.314. The number of hydrogen-bond acceptors (Lipinski definition) is 6. The number of hydrogen-bond donors (Lipinski definition) is 2. The first kappa shape index (κ1) is 22.3. The maximum atomic E-state index is 13.6. The van der Waals surface area contributed by atoms with E-state index < -0.39 is 0 Å². The lowest BCUT2D eigenvalue weighted by atomic mass is 9.95. The fourth-order valence-corrected chi connectivity index (χ4v) is 3.65. The molecule has 3 heterocycles. The molecule has 0 aliphatic carbocycles. The zero-order valence-electron chi connectivity index (χ0n) is 18.7. The molecule has 2 N–H and O–H groups in total. The van der Waals surface area contributed by atoms with Gasteiger partial charge in [0, 0.05) is 30.7 Å². The number of unbranched alkanes of at least 4 members (excludes halogenated alkanes) is 1. The van der Waals surface area contributed by atoms with Crippen LogP contribution in [0.2, 0.25) is 0 Å². The number of nitrogens with zero attached hydrogens (tertiary/aromatic N) is 3. The Morgan fingerprint density at radius 3 is 2.87 bits per heavy atom. The van der Waals surface area contributed by atoms with E-state index in [4.69, 9.17) is 9.40 Å². The molecule has 1 aliphatic rings. The highest BCUT2D eigenvalue weighted by atomic mass is 16.3. The van der Waals surface area contributed by atoms with Gasteiger partial charge < -0.3 is 20.0 Å².